The Kier molecular flexibility index (Phi) is 5.60. The molecule has 0 saturated carbocycles. The number of aryl methyl sites for hydroxylation is 1. The van der Waals surface area contributed by atoms with Crippen LogP contribution in [-0.2, 0) is 4.79 Å². The van der Waals surface area contributed by atoms with Crippen LogP contribution in [-0.4, -0.2) is 58.4 Å². The van der Waals surface area contributed by atoms with Gasteiger partial charge in [-0.3, -0.25) is 14.5 Å². The van der Waals surface area contributed by atoms with E-state index in [1.54, 1.807) is 0 Å². The molecule has 2 unspecified atom stereocenters. The van der Waals surface area contributed by atoms with Gasteiger partial charge in [0.2, 0.25) is 5.91 Å². The van der Waals surface area contributed by atoms with Crippen molar-refractivity contribution in [1.29, 1.82) is 0 Å². The topological polar surface area (TPSA) is 90.1 Å². The number of carbonyl (C=O) groups is 2. The molecule has 2 aromatic rings. The van der Waals surface area contributed by atoms with E-state index in [-0.39, 0.29) is 29.9 Å². The number of rotatable bonds is 5. The molecule has 2 heterocycles. The normalized spacial score (nSPS) is 20.0. The summed E-state index contributed by atoms with van der Waals surface area (Å²) in [5.74, 6) is 0.469. The molecular weight excluding hydrogens is 342 g/mol. The fraction of sp³-hybridized carbons (Fsp3) is 0.450. The smallest absolute Gasteiger partial charge is 0.272 e. The van der Waals surface area contributed by atoms with Crippen LogP contribution in [0.15, 0.2) is 30.3 Å². The van der Waals surface area contributed by atoms with Gasteiger partial charge < -0.3 is 15.6 Å². The number of nitrogens with zero attached hydrogens (tertiary/aromatic N) is 2. The zero-order chi connectivity index (χ0) is 19.6. The van der Waals surface area contributed by atoms with Crippen LogP contribution in [0, 0.1) is 6.92 Å². The Morgan fingerprint density at radius 2 is 1.96 bits per heavy atom. The quantitative estimate of drug-likeness (QED) is 0.748. The average molecular weight is 369 g/mol. The van der Waals surface area contributed by atoms with Gasteiger partial charge in [-0.1, -0.05) is 30.3 Å². The number of hydrogen-bond donors (Lipinski definition) is 3. The van der Waals surface area contributed by atoms with Gasteiger partial charge in [0.05, 0.1) is 6.04 Å². The zero-order valence-electron chi connectivity index (χ0n) is 16.2. The molecule has 1 aliphatic rings. The first-order valence-corrected chi connectivity index (χ1v) is 9.28. The molecule has 0 bridgehead atoms. The molecule has 3 N–H and O–H groups in total. The second kappa shape index (κ2) is 7.92. The fourth-order valence-electron chi connectivity index (χ4n) is 3.46. The maximum Gasteiger partial charge on any atom is 0.272 e. The molecule has 2 amide bonds. The van der Waals surface area contributed by atoms with E-state index < -0.39 is 0 Å². The number of benzene rings is 1. The number of H-pyrrole nitrogens is 1. The highest BCUT2D eigenvalue weighted by Gasteiger charge is 2.35. The van der Waals surface area contributed by atoms with E-state index in [9.17, 15) is 9.59 Å². The molecule has 0 spiro atoms. The number of nitrogens with one attached hydrogen (secondary N) is 3. The van der Waals surface area contributed by atoms with E-state index in [4.69, 9.17) is 0 Å². The van der Waals surface area contributed by atoms with Crippen LogP contribution in [0.3, 0.4) is 0 Å². The predicted molar refractivity (Wildman–Crippen MR) is 104 cm³/mol. The monoisotopic (exact) mass is 369 g/mol. The number of likely N-dealkylation sites (N-methyl/N-ethyl adjacent to an activating group) is 1. The number of likely N-dealkylation sites (tertiary alicyclic amines) is 1. The van der Waals surface area contributed by atoms with Gasteiger partial charge in [-0.2, -0.15) is 0 Å². The average Bonchev–Trinajstić information content (AvgIpc) is 3.18. The van der Waals surface area contributed by atoms with Gasteiger partial charge in [-0.25, -0.2) is 4.98 Å². The van der Waals surface area contributed by atoms with Crippen molar-refractivity contribution >= 4 is 11.8 Å². The first kappa shape index (κ1) is 19.1. The van der Waals surface area contributed by atoms with Gasteiger partial charge in [0.1, 0.15) is 11.5 Å². The first-order chi connectivity index (χ1) is 12.8. The number of carbonyl (C=O) groups excluding carboxylic acids is 2. The molecule has 2 atom stereocenters. The standard InChI is InChI=1S/C20H27N5O2/c1-12(2)21-19(26)16-10-15(11-25(16)4)23-20(27)17-13(3)22-18(24-17)14-8-6-5-7-9-14/h5-9,12,15-16H,10-11H2,1-4H3,(H,21,26)(H,22,24)(H,23,27). The molecule has 1 aromatic heterocycles. The Labute approximate surface area is 159 Å². The maximum absolute atomic E-state index is 12.7. The first-order valence-electron chi connectivity index (χ1n) is 9.28. The van der Waals surface area contributed by atoms with Crippen LogP contribution in [0.25, 0.3) is 11.4 Å². The third-order valence-electron chi connectivity index (χ3n) is 4.76. The molecular formula is C20H27N5O2. The molecule has 7 heteroatoms. The van der Waals surface area contributed by atoms with E-state index >= 15 is 0 Å². The van der Waals surface area contributed by atoms with E-state index in [1.807, 2.05) is 63.1 Å². The summed E-state index contributed by atoms with van der Waals surface area (Å²) in [5, 5.41) is 5.97. The zero-order valence-corrected chi connectivity index (χ0v) is 16.2. The fourth-order valence-corrected chi connectivity index (χ4v) is 3.46. The van der Waals surface area contributed by atoms with Crippen LogP contribution in [0.5, 0.6) is 0 Å². The third-order valence-corrected chi connectivity index (χ3v) is 4.76. The van der Waals surface area contributed by atoms with Gasteiger partial charge in [-0.05, 0) is 34.2 Å². The molecule has 0 radical (unpaired) electrons. The Hall–Kier alpha value is -2.67. The van der Waals surface area contributed by atoms with Crippen LogP contribution < -0.4 is 10.6 Å². The van der Waals surface area contributed by atoms with E-state index in [0.717, 1.165) is 11.3 Å². The SMILES string of the molecule is Cc1[nH]c(-c2ccccc2)nc1C(=O)NC1CC(C(=O)NC(C)C)N(C)C1. The summed E-state index contributed by atoms with van der Waals surface area (Å²) in [6.07, 6.45) is 0.593. The molecule has 3 rings (SSSR count). The van der Waals surface area contributed by atoms with Crippen molar-refractivity contribution in [3.05, 3.63) is 41.7 Å². The van der Waals surface area contributed by atoms with Crippen molar-refractivity contribution in [2.75, 3.05) is 13.6 Å². The predicted octanol–water partition coefficient (Wildman–Crippen LogP) is 1.71. The second-order valence-corrected chi connectivity index (χ2v) is 7.45. The Bertz CT molecular complexity index is 815. The number of amides is 2. The van der Waals surface area contributed by atoms with Crippen molar-refractivity contribution < 1.29 is 9.59 Å². The Morgan fingerprint density at radius 1 is 1.26 bits per heavy atom. The molecule has 1 fully saturated rings. The van der Waals surface area contributed by atoms with Gasteiger partial charge in [-0.15, -0.1) is 0 Å². The lowest BCUT2D eigenvalue weighted by atomic mass is 10.1. The molecule has 144 valence electrons. The number of aromatic amines is 1. The van der Waals surface area contributed by atoms with Crippen molar-refractivity contribution in [3.8, 4) is 11.4 Å². The number of imidazole rings is 1. The van der Waals surface area contributed by atoms with Crippen molar-refractivity contribution in [2.24, 2.45) is 0 Å². The summed E-state index contributed by atoms with van der Waals surface area (Å²) in [6.45, 7) is 6.36. The second-order valence-electron chi connectivity index (χ2n) is 7.45. The minimum atomic E-state index is -0.224. The largest absolute Gasteiger partial charge is 0.353 e. The summed E-state index contributed by atoms with van der Waals surface area (Å²) in [5.41, 5.74) is 2.06. The highest BCUT2D eigenvalue weighted by atomic mass is 16.2. The van der Waals surface area contributed by atoms with Gasteiger partial charge in [0.15, 0.2) is 0 Å². The van der Waals surface area contributed by atoms with Crippen molar-refractivity contribution in [3.63, 3.8) is 0 Å². The summed E-state index contributed by atoms with van der Waals surface area (Å²) in [4.78, 5) is 34.6. The molecule has 1 aromatic carbocycles. The highest BCUT2D eigenvalue weighted by Crippen LogP contribution is 2.19. The Balaban J connectivity index is 1.66. The number of aromatic nitrogens is 2. The van der Waals surface area contributed by atoms with Crippen molar-refractivity contribution in [2.45, 2.75) is 45.3 Å². The van der Waals surface area contributed by atoms with Gasteiger partial charge in [0, 0.05) is 29.9 Å². The summed E-state index contributed by atoms with van der Waals surface area (Å²) in [6, 6.07) is 9.50. The lowest BCUT2D eigenvalue weighted by Crippen LogP contribution is -2.43. The number of hydrogen-bond acceptors (Lipinski definition) is 4. The summed E-state index contributed by atoms with van der Waals surface area (Å²) in [7, 11) is 1.91. The molecule has 1 saturated heterocycles. The van der Waals surface area contributed by atoms with E-state index in [2.05, 4.69) is 20.6 Å². The molecule has 27 heavy (non-hydrogen) atoms. The summed E-state index contributed by atoms with van der Waals surface area (Å²) < 4.78 is 0. The van der Waals surface area contributed by atoms with Crippen molar-refractivity contribution in [1.82, 2.24) is 25.5 Å². The van der Waals surface area contributed by atoms with Gasteiger partial charge in [0.25, 0.3) is 5.91 Å². The lowest BCUT2D eigenvalue weighted by molar-refractivity contribution is -0.125. The maximum atomic E-state index is 12.7. The van der Waals surface area contributed by atoms with Crippen LogP contribution in [0.4, 0.5) is 0 Å². The minimum Gasteiger partial charge on any atom is -0.353 e. The van der Waals surface area contributed by atoms with Crippen LogP contribution >= 0.6 is 0 Å². The lowest BCUT2D eigenvalue weighted by Gasteiger charge is -2.19. The van der Waals surface area contributed by atoms with Gasteiger partial charge >= 0.3 is 0 Å². The Morgan fingerprint density at radius 3 is 2.63 bits per heavy atom. The minimum absolute atomic E-state index is 0.00608. The van der Waals surface area contributed by atoms with Crippen LogP contribution in [0.1, 0.15) is 36.5 Å². The highest BCUT2D eigenvalue weighted by molar-refractivity contribution is 5.94. The molecule has 1 aliphatic heterocycles. The van der Waals surface area contributed by atoms with Crippen LogP contribution in [0.2, 0.25) is 0 Å². The summed E-state index contributed by atoms with van der Waals surface area (Å²) >= 11 is 0. The van der Waals surface area contributed by atoms with E-state index in [1.165, 1.54) is 0 Å². The molecule has 7 nitrogen and oxygen atoms in total. The van der Waals surface area contributed by atoms with E-state index in [0.29, 0.717) is 24.5 Å². The molecule has 0 aliphatic carbocycles. The third kappa shape index (κ3) is 4.36.